The summed E-state index contributed by atoms with van der Waals surface area (Å²) in [6.45, 7) is 1.72. The first-order chi connectivity index (χ1) is 12.9. The second-order valence-electron chi connectivity index (χ2n) is 5.74. The van der Waals surface area contributed by atoms with Gasteiger partial charge >= 0.3 is 5.69 Å². The lowest BCUT2D eigenvalue weighted by Crippen LogP contribution is -2.39. The molecular formula is C17H17N5O4S. The minimum atomic E-state index is -0.544. The number of furan rings is 1. The van der Waals surface area contributed by atoms with E-state index in [1.807, 2.05) is 30.3 Å². The fourth-order valence-electron chi connectivity index (χ4n) is 2.29. The average molecular weight is 387 g/mol. The molecule has 0 bridgehead atoms. The third kappa shape index (κ3) is 4.00. The molecule has 0 fully saturated rings. The van der Waals surface area contributed by atoms with Crippen LogP contribution in [0.5, 0.6) is 0 Å². The number of amides is 1. The molecule has 0 saturated carbocycles. The van der Waals surface area contributed by atoms with E-state index < -0.39 is 17.2 Å². The molecule has 0 spiro atoms. The molecule has 1 amide bonds. The van der Waals surface area contributed by atoms with Crippen LogP contribution in [0.25, 0.3) is 11.0 Å². The van der Waals surface area contributed by atoms with Gasteiger partial charge in [-0.3, -0.25) is 14.2 Å². The number of hydrogen-bond acceptors (Lipinski definition) is 7. The summed E-state index contributed by atoms with van der Waals surface area (Å²) in [6, 6.07) is 9.39. The van der Waals surface area contributed by atoms with Crippen LogP contribution in [0.1, 0.15) is 12.7 Å². The van der Waals surface area contributed by atoms with E-state index in [0.717, 1.165) is 32.0 Å². The average Bonchev–Trinajstić information content (AvgIpc) is 3.10. The fourth-order valence-corrected chi connectivity index (χ4v) is 3.06. The van der Waals surface area contributed by atoms with Crippen molar-refractivity contribution in [2.45, 2.75) is 11.9 Å². The Kier molecular flexibility index (Phi) is 5.26. The predicted molar refractivity (Wildman–Crippen MR) is 102 cm³/mol. The molecule has 27 heavy (non-hydrogen) atoms. The van der Waals surface area contributed by atoms with Crippen molar-refractivity contribution in [3.05, 3.63) is 56.9 Å². The first-order valence-corrected chi connectivity index (χ1v) is 8.94. The van der Waals surface area contributed by atoms with E-state index in [4.69, 9.17) is 4.42 Å². The second kappa shape index (κ2) is 7.62. The highest BCUT2D eigenvalue weighted by molar-refractivity contribution is 7.99. The number of para-hydroxylation sites is 1. The molecule has 0 atom stereocenters. The van der Waals surface area contributed by atoms with Crippen molar-refractivity contribution >= 4 is 34.3 Å². The van der Waals surface area contributed by atoms with Gasteiger partial charge in [0.2, 0.25) is 5.91 Å². The smallest absolute Gasteiger partial charge is 0.346 e. The Morgan fingerprint density at radius 3 is 2.78 bits per heavy atom. The largest absolute Gasteiger partial charge is 0.455 e. The molecule has 0 saturated heterocycles. The van der Waals surface area contributed by atoms with Gasteiger partial charge in [0, 0.05) is 19.5 Å². The number of fused-ring (bicyclic) bond motifs is 1. The van der Waals surface area contributed by atoms with Gasteiger partial charge in [0.15, 0.2) is 10.8 Å². The van der Waals surface area contributed by atoms with Crippen molar-refractivity contribution in [2.24, 2.45) is 19.2 Å². The van der Waals surface area contributed by atoms with Crippen LogP contribution in [0.3, 0.4) is 0 Å². The van der Waals surface area contributed by atoms with Crippen molar-refractivity contribution < 1.29 is 9.21 Å². The molecule has 2 heterocycles. The summed E-state index contributed by atoms with van der Waals surface area (Å²) in [5, 5.41) is 8.91. The molecule has 2 aromatic heterocycles. The number of rotatable bonds is 5. The zero-order valence-electron chi connectivity index (χ0n) is 14.9. The minimum Gasteiger partial charge on any atom is -0.455 e. The summed E-state index contributed by atoms with van der Waals surface area (Å²) < 4.78 is 7.66. The molecule has 0 aliphatic heterocycles. The molecule has 0 aliphatic rings. The number of hydrazone groups is 1. The van der Waals surface area contributed by atoms with Gasteiger partial charge in [0.1, 0.15) is 11.3 Å². The molecule has 9 nitrogen and oxygen atoms in total. The summed E-state index contributed by atoms with van der Waals surface area (Å²) in [7, 11) is 2.80. The monoisotopic (exact) mass is 387 g/mol. The van der Waals surface area contributed by atoms with E-state index >= 15 is 0 Å². The molecule has 0 radical (unpaired) electrons. The number of nitrogens with zero attached hydrogens (tertiary/aromatic N) is 4. The first-order valence-electron chi connectivity index (χ1n) is 7.96. The lowest BCUT2D eigenvalue weighted by molar-refractivity contribution is -0.118. The highest BCUT2D eigenvalue weighted by Crippen LogP contribution is 2.19. The summed E-state index contributed by atoms with van der Waals surface area (Å²) in [6.07, 6.45) is 0. The van der Waals surface area contributed by atoms with Crippen LogP contribution in [-0.4, -0.2) is 31.7 Å². The number of nitrogens with one attached hydrogen (secondary N) is 1. The number of aryl methyl sites for hydroxylation is 1. The van der Waals surface area contributed by atoms with Crippen LogP contribution < -0.4 is 16.7 Å². The Morgan fingerprint density at radius 2 is 2.04 bits per heavy atom. The van der Waals surface area contributed by atoms with Crippen LogP contribution in [-0.2, 0) is 18.9 Å². The van der Waals surface area contributed by atoms with E-state index in [1.54, 1.807) is 6.92 Å². The van der Waals surface area contributed by atoms with E-state index in [-0.39, 0.29) is 10.8 Å². The fraction of sp³-hybridized carbons (Fsp3) is 0.235. The normalized spacial score (nSPS) is 11.7. The van der Waals surface area contributed by atoms with Crippen molar-refractivity contribution in [2.75, 3.05) is 5.75 Å². The maximum absolute atomic E-state index is 12.0. The zero-order chi connectivity index (χ0) is 19.6. The van der Waals surface area contributed by atoms with Gasteiger partial charge in [-0.25, -0.2) is 14.9 Å². The maximum atomic E-state index is 12.0. The first kappa shape index (κ1) is 18.6. The Balaban J connectivity index is 1.65. The van der Waals surface area contributed by atoms with E-state index in [0.29, 0.717) is 11.5 Å². The topological polar surface area (TPSA) is 111 Å². The van der Waals surface area contributed by atoms with Crippen molar-refractivity contribution in [3.63, 3.8) is 0 Å². The molecule has 1 aromatic carbocycles. The third-order valence-corrected chi connectivity index (χ3v) is 4.70. The number of carbonyl (C=O) groups is 1. The van der Waals surface area contributed by atoms with Crippen molar-refractivity contribution in [1.82, 2.24) is 19.8 Å². The molecule has 1 N–H and O–H groups in total. The van der Waals surface area contributed by atoms with Gasteiger partial charge in [-0.1, -0.05) is 30.0 Å². The summed E-state index contributed by atoms with van der Waals surface area (Å²) in [4.78, 5) is 35.6. The number of thioether (sulfide) groups is 1. The maximum Gasteiger partial charge on any atom is 0.346 e. The standard InChI is InChI=1S/C17H17N5O4S/c1-10(13-8-11-6-4-5-7-12(11)26-13)18-19-14(23)9-27-15-16(24)21(2)17(25)22(3)20-15/h4-8H,9H2,1-3H3,(H,19,23)/b18-10-. The lowest BCUT2D eigenvalue weighted by Gasteiger charge is -2.04. The lowest BCUT2D eigenvalue weighted by atomic mass is 10.2. The minimum absolute atomic E-state index is 0.0627. The van der Waals surface area contributed by atoms with Crippen LogP contribution in [0, 0.1) is 0 Å². The van der Waals surface area contributed by atoms with Gasteiger partial charge in [-0.15, -0.1) is 0 Å². The van der Waals surface area contributed by atoms with Gasteiger partial charge < -0.3 is 4.42 Å². The Morgan fingerprint density at radius 1 is 1.30 bits per heavy atom. The molecule has 0 unspecified atom stereocenters. The van der Waals surface area contributed by atoms with Gasteiger partial charge in [-0.05, 0) is 19.1 Å². The van der Waals surface area contributed by atoms with Gasteiger partial charge in [0.25, 0.3) is 5.56 Å². The Labute approximate surface area is 157 Å². The predicted octanol–water partition coefficient (Wildman–Crippen LogP) is 0.858. The Bertz CT molecular complexity index is 1130. The molecule has 140 valence electrons. The van der Waals surface area contributed by atoms with Crippen LogP contribution >= 0.6 is 11.8 Å². The van der Waals surface area contributed by atoms with E-state index in [2.05, 4.69) is 15.6 Å². The van der Waals surface area contributed by atoms with Crippen LogP contribution in [0.4, 0.5) is 0 Å². The number of hydrogen-bond donors (Lipinski definition) is 1. The summed E-state index contributed by atoms with van der Waals surface area (Å²) in [5.41, 5.74) is 2.60. The van der Waals surface area contributed by atoms with E-state index in [1.165, 1.54) is 14.1 Å². The molecule has 3 rings (SSSR count). The quantitative estimate of drug-likeness (QED) is 0.395. The Hall–Kier alpha value is -3.14. The van der Waals surface area contributed by atoms with Crippen molar-refractivity contribution in [3.8, 4) is 0 Å². The van der Waals surface area contributed by atoms with Gasteiger partial charge in [-0.2, -0.15) is 10.2 Å². The summed E-state index contributed by atoms with van der Waals surface area (Å²) >= 11 is 0.935. The van der Waals surface area contributed by atoms with Crippen LogP contribution in [0.2, 0.25) is 0 Å². The second-order valence-corrected chi connectivity index (χ2v) is 6.71. The highest BCUT2D eigenvalue weighted by atomic mass is 32.2. The van der Waals surface area contributed by atoms with Crippen LogP contribution in [0.15, 0.2) is 54.5 Å². The highest BCUT2D eigenvalue weighted by Gasteiger charge is 2.12. The molecule has 3 aromatic rings. The molecule has 10 heteroatoms. The van der Waals surface area contributed by atoms with Gasteiger partial charge in [0.05, 0.1) is 5.75 Å². The number of benzene rings is 1. The van der Waals surface area contributed by atoms with Crippen molar-refractivity contribution in [1.29, 1.82) is 0 Å². The molecule has 0 aliphatic carbocycles. The number of aromatic nitrogens is 3. The summed E-state index contributed by atoms with van der Waals surface area (Å²) in [5.74, 6) is 0.0723. The van der Waals surface area contributed by atoms with E-state index in [9.17, 15) is 14.4 Å². The third-order valence-electron chi connectivity index (χ3n) is 3.76. The SMILES string of the molecule is C/C(=N/NC(=O)CSc1nn(C)c(=O)n(C)c1=O)c1cc2ccccc2o1. The zero-order valence-corrected chi connectivity index (χ0v) is 15.7. The molecular weight excluding hydrogens is 370 g/mol. The number of carbonyl (C=O) groups excluding carboxylic acids is 1.